The molecule has 0 saturated heterocycles. The maximum atomic E-state index is 5.95. The molecule has 1 aliphatic rings. The predicted molar refractivity (Wildman–Crippen MR) is 79.9 cm³/mol. The molecule has 0 amide bonds. The lowest BCUT2D eigenvalue weighted by molar-refractivity contribution is 0.183. The predicted octanol–water partition coefficient (Wildman–Crippen LogP) is 3.12. The van der Waals surface area contributed by atoms with Crippen LogP contribution >= 0.6 is 11.3 Å². The second-order valence-electron chi connectivity index (χ2n) is 6.72. The van der Waals surface area contributed by atoms with Crippen molar-refractivity contribution in [2.75, 3.05) is 19.6 Å². The Hall–Kier alpha value is -0.380. The first-order chi connectivity index (χ1) is 8.48. The molecule has 102 valence electrons. The smallest absolute Gasteiger partial charge is 0.0245 e. The summed E-state index contributed by atoms with van der Waals surface area (Å²) in [6.07, 6.45) is 2.44. The average Bonchev–Trinajstić information content (AvgIpc) is 2.73. The van der Waals surface area contributed by atoms with Crippen LogP contribution in [0.3, 0.4) is 0 Å². The summed E-state index contributed by atoms with van der Waals surface area (Å²) in [6.45, 7) is 11.2. The molecule has 0 radical (unpaired) electrons. The van der Waals surface area contributed by atoms with Gasteiger partial charge in [0.05, 0.1) is 0 Å². The van der Waals surface area contributed by atoms with Gasteiger partial charge in [0.2, 0.25) is 0 Å². The maximum Gasteiger partial charge on any atom is 0.0245 e. The van der Waals surface area contributed by atoms with Crippen molar-refractivity contribution in [1.82, 2.24) is 4.90 Å². The van der Waals surface area contributed by atoms with Crippen molar-refractivity contribution in [3.8, 4) is 0 Å². The van der Waals surface area contributed by atoms with E-state index in [0.29, 0.717) is 11.3 Å². The molecule has 0 fully saturated rings. The van der Waals surface area contributed by atoms with Crippen LogP contribution in [0, 0.1) is 11.3 Å². The fourth-order valence-corrected chi connectivity index (χ4v) is 3.81. The van der Waals surface area contributed by atoms with E-state index < -0.39 is 0 Å². The van der Waals surface area contributed by atoms with E-state index >= 15 is 0 Å². The summed E-state index contributed by atoms with van der Waals surface area (Å²) >= 11 is 1.91. The highest BCUT2D eigenvalue weighted by Gasteiger charge is 2.23. The van der Waals surface area contributed by atoms with Crippen LogP contribution in [-0.2, 0) is 13.0 Å². The number of hydrogen-bond acceptors (Lipinski definition) is 3. The van der Waals surface area contributed by atoms with Crippen LogP contribution in [0.4, 0.5) is 0 Å². The normalized spacial score (nSPS) is 18.7. The fourth-order valence-electron chi connectivity index (χ4n) is 2.92. The number of rotatable bonds is 4. The largest absolute Gasteiger partial charge is 0.330 e. The van der Waals surface area contributed by atoms with Gasteiger partial charge in [0.15, 0.2) is 0 Å². The van der Waals surface area contributed by atoms with Gasteiger partial charge in [0.25, 0.3) is 0 Å². The summed E-state index contributed by atoms with van der Waals surface area (Å²) in [5.74, 6) is 0.630. The summed E-state index contributed by atoms with van der Waals surface area (Å²) in [4.78, 5) is 4.17. The van der Waals surface area contributed by atoms with Gasteiger partial charge >= 0.3 is 0 Å². The Morgan fingerprint density at radius 1 is 1.44 bits per heavy atom. The standard InChI is InChI=1S/C15H26N2S/c1-15(2,3)8-12(9-16)10-17-6-4-14-13(11-17)5-7-18-14/h5,7,12H,4,6,8-11,16H2,1-3H3. The minimum Gasteiger partial charge on any atom is -0.330 e. The van der Waals surface area contributed by atoms with E-state index in [4.69, 9.17) is 5.73 Å². The van der Waals surface area contributed by atoms with Crippen LogP contribution in [0.1, 0.15) is 37.6 Å². The second-order valence-corrected chi connectivity index (χ2v) is 7.72. The highest BCUT2D eigenvalue weighted by molar-refractivity contribution is 7.10. The van der Waals surface area contributed by atoms with E-state index in [0.717, 1.165) is 19.6 Å². The van der Waals surface area contributed by atoms with Gasteiger partial charge < -0.3 is 5.73 Å². The SMILES string of the molecule is CC(C)(C)CC(CN)CN1CCc2sccc2C1. The molecule has 1 atom stereocenters. The van der Waals surface area contributed by atoms with Crippen molar-refractivity contribution < 1.29 is 0 Å². The van der Waals surface area contributed by atoms with Crippen LogP contribution in [0.15, 0.2) is 11.4 Å². The van der Waals surface area contributed by atoms with Crippen molar-refractivity contribution in [3.05, 3.63) is 21.9 Å². The number of thiophene rings is 1. The van der Waals surface area contributed by atoms with Crippen LogP contribution in [0.5, 0.6) is 0 Å². The van der Waals surface area contributed by atoms with Crippen LogP contribution in [0.2, 0.25) is 0 Å². The van der Waals surface area contributed by atoms with Crippen LogP contribution in [0.25, 0.3) is 0 Å². The van der Waals surface area contributed by atoms with Crippen molar-refractivity contribution in [2.24, 2.45) is 17.1 Å². The molecule has 3 heteroatoms. The van der Waals surface area contributed by atoms with Gasteiger partial charge in [0.1, 0.15) is 0 Å². The van der Waals surface area contributed by atoms with Crippen molar-refractivity contribution in [3.63, 3.8) is 0 Å². The molecule has 18 heavy (non-hydrogen) atoms. The molecule has 0 saturated carbocycles. The third-order valence-electron chi connectivity index (χ3n) is 3.64. The number of nitrogens with zero attached hydrogens (tertiary/aromatic N) is 1. The van der Waals surface area contributed by atoms with E-state index in [9.17, 15) is 0 Å². The van der Waals surface area contributed by atoms with E-state index in [1.807, 2.05) is 11.3 Å². The van der Waals surface area contributed by atoms with E-state index in [2.05, 4.69) is 37.1 Å². The molecule has 0 bridgehead atoms. The Kier molecular flexibility index (Phi) is 4.46. The molecule has 0 aliphatic carbocycles. The zero-order chi connectivity index (χ0) is 13.2. The number of hydrogen-bond donors (Lipinski definition) is 1. The fraction of sp³-hybridized carbons (Fsp3) is 0.733. The monoisotopic (exact) mass is 266 g/mol. The molecule has 0 aromatic carbocycles. The van der Waals surface area contributed by atoms with E-state index in [1.54, 1.807) is 4.88 Å². The molecule has 1 aliphatic heterocycles. The maximum absolute atomic E-state index is 5.95. The molecule has 1 aromatic rings. The second kappa shape index (κ2) is 5.72. The minimum absolute atomic E-state index is 0.382. The summed E-state index contributed by atoms with van der Waals surface area (Å²) in [5, 5.41) is 2.23. The number of fused-ring (bicyclic) bond motifs is 1. The lowest BCUT2D eigenvalue weighted by Crippen LogP contribution is -2.37. The quantitative estimate of drug-likeness (QED) is 0.907. The lowest BCUT2D eigenvalue weighted by atomic mass is 9.84. The summed E-state index contributed by atoms with van der Waals surface area (Å²) in [6, 6.07) is 2.29. The van der Waals surface area contributed by atoms with E-state index in [-0.39, 0.29) is 0 Å². The Balaban J connectivity index is 1.90. The summed E-state index contributed by atoms with van der Waals surface area (Å²) in [7, 11) is 0. The third-order valence-corrected chi connectivity index (χ3v) is 4.66. The Morgan fingerprint density at radius 3 is 2.89 bits per heavy atom. The van der Waals surface area contributed by atoms with Crippen molar-refractivity contribution >= 4 is 11.3 Å². The molecule has 2 heterocycles. The van der Waals surface area contributed by atoms with Gasteiger partial charge in [-0.15, -0.1) is 11.3 Å². The molecule has 1 aromatic heterocycles. The zero-order valence-electron chi connectivity index (χ0n) is 11.9. The van der Waals surface area contributed by atoms with Gasteiger partial charge in [-0.05, 0) is 47.7 Å². The zero-order valence-corrected chi connectivity index (χ0v) is 12.7. The number of nitrogens with two attached hydrogens (primary N) is 1. The Bertz CT molecular complexity index is 378. The van der Waals surface area contributed by atoms with Gasteiger partial charge in [-0.25, -0.2) is 0 Å². The van der Waals surface area contributed by atoms with E-state index in [1.165, 1.54) is 24.9 Å². The first-order valence-corrected chi connectivity index (χ1v) is 7.83. The van der Waals surface area contributed by atoms with Gasteiger partial charge in [-0.1, -0.05) is 20.8 Å². The highest BCUT2D eigenvalue weighted by Crippen LogP contribution is 2.27. The summed E-state index contributed by atoms with van der Waals surface area (Å²) in [5.41, 5.74) is 7.87. The van der Waals surface area contributed by atoms with Crippen molar-refractivity contribution in [2.45, 2.75) is 40.2 Å². The average molecular weight is 266 g/mol. The first-order valence-electron chi connectivity index (χ1n) is 6.95. The molecular formula is C15H26N2S. The highest BCUT2D eigenvalue weighted by atomic mass is 32.1. The molecule has 0 spiro atoms. The van der Waals surface area contributed by atoms with Gasteiger partial charge in [0, 0.05) is 24.5 Å². The molecule has 1 unspecified atom stereocenters. The minimum atomic E-state index is 0.382. The van der Waals surface area contributed by atoms with Crippen molar-refractivity contribution in [1.29, 1.82) is 0 Å². The molecule has 2 nitrogen and oxygen atoms in total. The van der Waals surface area contributed by atoms with Crippen LogP contribution in [-0.4, -0.2) is 24.5 Å². The molecular weight excluding hydrogens is 240 g/mol. The third kappa shape index (κ3) is 3.81. The topological polar surface area (TPSA) is 29.3 Å². The van der Waals surface area contributed by atoms with Crippen LogP contribution < -0.4 is 5.73 Å². The first kappa shape index (κ1) is 14.0. The Morgan fingerprint density at radius 2 is 2.22 bits per heavy atom. The molecule has 2 rings (SSSR count). The Labute approximate surface area is 115 Å². The summed E-state index contributed by atoms with van der Waals surface area (Å²) < 4.78 is 0. The van der Waals surface area contributed by atoms with Gasteiger partial charge in [-0.3, -0.25) is 4.90 Å². The van der Waals surface area contributed by atoms with Gasteiger partial charge in [-0.2, -0.15) is 0 Å². The molecule has 2 N–H and O–H groups in total. The lowest BCUT2D eigenvalue weighted by Gasteiger charge is -2.32.